The van der Waals surface area contributed by atoms with Crippen molar-refractivity contribution < 1.29 is 24.2 Å². The highest BCUT2D eigenvalue weighted by Crippen LogP contribution is 2.39. The van der Waals surface area contributed by atoms with Gasteiger partial charge in [0.15, 0.2) is 0 Å². The summed E-state index contributed by atoms with van der Waals surface area (Å²) in [5.74, 6) is -0.637. The topological polar surface area (TPSA) is 72.8 Å². The Kier molecular flexibility index (Phi) is 11.9. The minimum absolute atomic E-state index is 0.229. The summed E-state index contributed by atoms with van der Waals surface area (Å²) in [7, 11) is 0. The van der Waals surface area contributed by atoms with Crippen molar-refractivity contribution in [3.8, 4) is 5.75 Å². The standard InChI is InChI=1S/C34H44O5/c1-4-6-7-8-9-10-13-25-38-29-19-17-27(18-20-29)28-21-23-34(24-22-28,33(36)37)31-16-12-11-15-30(31)32(35)39-26(3)14-5-2/h11-12,15-23,26H,4-10,13-14,24-25H2,1-3H3,(H,36,37). The minimum Gasteiger partial charge on any atom is -0.494 e. The maximum Gasteiger partial charge on any atom is 0.338 e. The van der Waals surface area contributed by atoms with Gasteiger partial charge in [0.05, 0.1) is 18.3 Å². The van der Waals surface area contributed by atoms with E-state index < -0.39 is 17.4 Å². The molecule has 5 nitrogen and oxygen atoms in total. The van der Waals surface area contributed by atoms with Crippen LogP contribution in [0.5, 0.6) is 5.75 Å². The zero-order valence-corrected chi connectivity index (χ0v) is 23.8. The fraction of sp³-hybridized carbons (Fsp3) is 0.471. The molecule has 2 unspecified atom stereocenters. The molecule has 0 radical (unpaired) electrons. The van der Waals surface area contributed by atoms with Crippen LogP contribution < -0.4 is 4.74 Å². The van der Waals surface area contributed by atoms with Crippen LogP contribution in [0.4, 0.5) is 0 Å². The predicted molar refractivity (Wildman–Crippen MR) is 157 cm³/mol. The van der Waals surface area contributed by atoms with Gasteiger partial charge in [0.2, 0.25) is 0 Å². The van der Waals surface area contributed by atoms with Crippen LogP contribution >= 0.6 is 0 Å². The molecule has 0 fully saturated rings. The number of hydrogen-bond donors (Lipinski definition) is 1. The molecule has 1 aliphatic rings. The fourth-order valence-corrected chi connectivity index (χ4v) is 5.08. The molecule has 39 heavy (non-hydrogen) atoms. The number of carbonyl (C=O) groups excluding carboxylic acids is 1. The van der Waals surface area contributed by atoms with Crippen LogP contribution in [0.1, 0.15) is 106 Å². The fourth-order valence-electron chi connectivity index (χ4n) is 5.08. The van der Waals surface area contributed by atoms with Gasteiger partial charge in [-0.05, 0) is 61.1 Å². The number of aliphatic carboxylic acids is 1. The highest BCUT2D eigenvalue weighted by Gasteiger charge is 2.41. The number of ether oxygens (including phenoxy) is 2. The third-order valence-electron chi connectivity index (χ3n) is 7.41. The molecule has 0 amide bonds. The first-order chi connectivity index (χ1) is 18.9. The van der Waals surface area contributed by atoms with Gasteiger partial charge in [-0.3, -0.25) is 4.79 Å². The lowest BCUT2D eigenvalue weighted by molar-refractivity contribution is -0.141. The molecule has 0 aliphatic heterocycles. The first-order valence-corrected chi connectivity index (χ1v) is 14.6. The Morgan fingerprint density at radius 2 is 1.62 bits per heavy atom. The molecule has 0 heterocycles. The summed E-state index contributed by atoms with van der Waals surface area (Å²) >= 11 is 0. The Labute approximate surface area is 233 Å². The smallest absolute Gasteiger partial charge is 0.338 e. The molecular weight excluding hydrogens is 488 g/mol. The molecule has 2 atom stereocenters. The van der Waals surface area contributed by atoms with Crippen molar-refractivity contribution in [2.24, 2.45) is 0 Å². The van der Waals surface area contributed by atoms with Gasteiger partial charge >= 0.3 is 11.9 Å². The largest absolute Gasteiger partial charge is 0.494 e. The van der Waals surface area contributed by atoms with E-state index in [4.69, 9.17) is 9.47 Å². The maximum atomic E-state index is 13.0. The minimum atomic E-state index is -1.34. The van der Waals surface area contributed by atoms with E-state index in [1.807, 2.05) is 50.3 Å². The van der Waals surface area contributed by atoms with Crippen LogP contribution in [-0.2, 0) is 14.9 Å². The third kappa shape index (κ3) is 8.32. The number of hydrogen-bond acceptors (Lipinski definition) is 4. The molecule has 0 saturated heterocycles. The average molecular weight is 533 g/mol. The normalized spacial score (nSPS) is 17.4. The van der Waals surface area contributed by atoms with Crippen LogP contribution in [0.15, 0.2) is 66.8 Å². The molecule has 0 bridgehead atoms. The Hall–Kier alpha value is -3.34. The summed E-state index contributed by atoms with van der Waals surface area (Å²) in [6, 6.07) is 14.8. The maximum absolute atomic E-state index is 13.0. The average Bonchev–Trinajstić information content (AvgIpc) is 2.95. The molecule has 5 heteroatoms. The van der Waals surface area contributed by atoms with Crippen molar-refractivity contribution in [2.75, 3.05) is 6.61 Å². The molecule has 0 spiro atoms. The monoisotopic (exact) mass is 532 g/mol. The van der Waals surface area contributed by atoms with Crippen LogP contribution in [0.25, 0.3) is 5.57 Å². The summed E-state index contributed by atoms with van der Waals surface area (Å²) in [6.45, 7) is 6.85. The van der Waals surface area contributed by atoms with Gasteiger partial charge in [0.25, 0.3) is 0 Å². The van der Waals surface area contributed by atoms with Crippen molar-refractivity contribution in [1.82, 2.24) is 0 Å². The van der Waals surface area contributed by atoms with E-state index in [-0.39, 0.29) is 12.5 Å². The van der Waals surface area contributed by atoms with Crippen LogP contribution in [0.3, 0.4) is 0 Å². The van der Waals surface area contributed by atoms with Gasteiger partial charge in [-0.2, -0.15) is 0 Å². The summed E-state index contributed by atoms with van der Waals surface area (Å²) < 4.78 is 11.5. The van der Waals surface area contributed by atoms with Crippen LogP contribution in [0, 0.1) is 0 Å². The summed E-state index contributed by atoms with van der Waals surface area (Å²) in [4.78, 5) is 25.6. The summed E-state index contributed by atoms with van der Waals surface area (Å²) in [6.07, 6.45) is 15.9. The lowest BCUT2D eigenvalue weighted by Crippen LogP contribution is -2.36. The van der Waals surface area contributed by atoms with Crippen molar-refractivity contribution in [3.63, 3.8) is 0 Å². The molecule has 2 aromatic carbocycles. The van der Waals surface area contributed by atoms with Gasteiger partial charge in [0, 0.05) is 0 Å². The van der Waals surface area contributed by atoms with E-state index in [0.29, 0.717) is 11.1 Å². The zero-order chi connectivity index (χ0) is 28.1. The zero-order valence-electron chi connectivity index (χ0n) is 23.8. The Balaban J connectivity index is 1.65. The SMILES string of the molecule is CCCCCCCCCOc1ccc(C2=CCC(C(=O)O)(c3ccccc3C(=O)OC(C)CCC)C=C2)cc1. The number of rotatable bonds is 16. The Bertz CT molecular complexity index is 1130. The van der Waals surface area contributed by atoms with Crippen molar-refractivity contribution in [2.45, 2.75) is 96.5 Å². The van der Waals surface area contributed by atoms with Crippen LogP contribution in [-0.4, -0.2) is 29.8 Å². The van der Waals surface area contributed by atoms with Crippen molar-refractivity contribution in [1.29, 1.82) is 0 Å². The quantitative estimate of drug-likeness (QED) is 0.173. The van der Waals surface area contributed by atoms with Crippen LogP contribution in [0.2, 0.25) is 0 Å². The lowest BCUT2D eigenvalue weighted by Gasteiger charge is -2.30. The molecule has 2 aromatic rings. The number of unbranched alkanes of at least 4 members (excludes halogenated alkanes) is 6. The molecular formula is C34H44O5. The number of carboxylic acids is 1. The Morgan fingerprint density at radius 1 is 0.923 bits per heavy atom. The van der Waals surface area contributed by atoms with Crippen molar-refractivity contribution >= 4 is 17.5 Å². The molecule has 1 N–H and O–H groups in total. The second-order valence-electron chi connectivity index (χ2n) is 10.5. The van der Waals surface area contributed by atoms with Crippen molar-refractivity contribution in [3.05, 3.63) is 83.4 Å². The summed E-state index contributed by atoms with van der Waals surface area (Å²) in [5.41, 5.74) is 1.35. The van der Waals surface area contributed by atoms with E-state index >= 15 is 0 Å². The first kappa shape index (κ1) is 30.2. The number of allylic oxidation sites excluding steroid dienone is 3. The molecule has 0 saturated carbocycles. The van der Waals surface area contributed by atoms with E-state index in [1.54, 1.807) is 30.3 Å². The highest BCUT2D eigenvalue weighted by atomic mass is 16.5. The Morgan fingerprint density at radius 3 is 2.26 bits per heavy atom. The van der Waals surface area contributed by atoms with Gasteiger partial charge in [-0.1, -0.05) is 107 Å². The second-order valence-corrected chi connectivity index (χ2v) is 10.5. The third-order valence-corrected chi connectivity index (χ3v) is 7.41. The summed E-state index contributed by atoms with van der Waals surface area (Å²) in [5, 5.41) is 10.3. The van der Waals surface area contributed by atoms with E-state index in [1.165, 1.54) is 38.5 Å². The van der Waals surface area contributed by atoms with E-state index in [0.717, 1.165) is 42.8 Å². The van der Waals surface area contributed by atoms with E-state index in [9.17, 15) is 14.7 Å². The molecule has 3 rings (SSSR count). The molecule has 0 aromatic heterocycles. The highest BCUT2D eigenvalue weighted by molar-refractivity contribution is 5.97. The molecule has 1 aliphatic carbocycles. The van der Waals surface area contributed by atoms with E-state index in [2.05, 4.69) is 6.92 Å². The van der Waals surface area contributed by atoms with Gasteiger partial charge in [-0.15, -0.1) is 0 Å². The predicted octanol–water partition coefficient (Wildman–Crippen LogP) is 8.53. The number of carboxylic acid groups (broad SMARTS) is 1. The van der Waals surface area contributed by atoms with Gasteiger partial charge in [-0.25, -0.2) is 4.79 Å². The number of benzene rings is 2. The lowest BCUT2D eigenvalue weighted by atomic mass is 9.72. The second kappa shape index (κ2) is 15.3. The molecule has 210 valence electrons. The number of esters is 1. The van der Waals surface area contributed by atoms with Gasteiger partial charge < -0.3 is 14.6 Å². The van der Waals surface area contributed by atoms with Gasteiger partial charge in [0.1, 0.15) is 11.2 Å². The first-order valence-electron chi connectivity index (χ1n) is 14.6. The number of carbonyl (C=O) groups is 2.